The third-order valence-electron chi connectivity index (χ3n) is 4.91. The fourth-order valence-corrected chi connectivity index (χ4v) is 3.50. The van der Waals surface area contributed by atoms with Crippen LogP contribution in [0.1, 0.15) is 30.6 Å². The Kier molecular flexibility index (Phi) is 4.91. The zero-order valence-electron chi connectivity index (χ0n) is 14.8. The molecule has 0 spiro atoms. The summed E-state index contributed by atoms with van der Waals surface area (Å²) < 4.78 is 5.23. The smallest absolute Gasteiger partial charge is 0.267 e. The van der Waals surface area contributed by atoms with E-state index in [1.165, 1.54) is 0 Å². The molecular formula is C20H21N3O4. The topological polar surface area (TPSA) is 84.1 Å². The van der Waals surface area contributed by atoms with Crippen LogP contribution in [0, 0.1) is 0 Å². The molecule has 2 atom stereocenters. The Labute approximate surface area is 157 Å². The third-order valence-corrected chi connectivity index (χ3v) is 4.91. The van der Waals surface area contributed by atoms with Crippen LogP contribution in [0.3, 0.4) is 0 Å². The van der Waals surface area contributed by atoms with Gasteiger partial charge in [0, 0.05) is 13.0 Å². The lowest BCUT2D eigenvalue weighted by Crippen LogP contribution is -2.49. The van der Waals surface area contributed by atoms with Gasteiger partial charge in [0.05, 0.1) is 18.5 Å². The van der Waals surface area contributed by atoms with Crippen LogP contribution in [-0.4, -0.2) is 41.1 Å². The molecule has 1 aromatic carbocycles. The summed E-state index contributed by atoms with van der Waals surface area (Å²) in [4.78, 5) is 32.4. The van der Waals surface area contributed by atoms with Crippen LogP contribution in [0.4, 0.5) is 0 Å². The average molecular weight is 367 g/mol. The molecule has 3 heterocycles. The molecule has 140 valence electrons. The Morgan fingerprint density at radius 3 is 2.81 bits per heavy atom. The minimum absolute atomic E-state index is 0.167. The Morgan fingerprint density at radius 2 is 2.04 bits per heavy atom. The lowest BCUT2D eigenvalue weighted by atomic mass is 10.0. The number of benzene rings is 1. The highest BCUT2D eigenvalue weighted by Gasteiger charge is 2.40. The summed E-state index contributed by atoms with van der Waals surface area (Å²) in [7, 11) is 0. The molecule has 1 saturated heterocycles. The van der Waals surface area contributed by atoms with E-state index in [2.05, 4.69) is 10.5 Å². The molecule has 1 N–H and O–H groups in total. The monoisotopic (exact) mass is 367 g/mol. The van der Waals surface area contributed by atoms with E-state index in [1.54, 1.807) is 23.3 Å². The number of carbonyl (C=O) groups is 2. The molecule has 0 unspecified atom stereocenters. The van der Waals surface area contributed by atoms with E-state index in [1.807, 2.05) is 30.3 Å². The van der Waals surface area contributed by atoms with E-state index in [-0.39, 0.29) is 11.8 Å². The second-order valence-corrected chi connectivity index (χ2v) is 6.69. The van der Waals surface area contributed by atoms with Crippen molar-refractivity contribution in [2.24, 2.45) is 5.16 Å². The quantitative estimate of drug-likeness (QED) is 0.877. The van der Waals surface area contributed by atoms with Gasteiger partial charge in [0.2, 0.25) is 12.0 Å². The Balaban J connectivity index is 1.36. The van der Waals surface area contributed by atoms with Gasteiger partial charge in [-0.2, -0.15) is 0 Å². The minimum Gasteiger partial charge on any atom is -0.467 e. The van der Waals surface area contributed by atoms with Crippen molar-refractivity contribution < 1.29 is 18.8 Å². The average Bonchev–Trinajstić information content (AvgIpc) is 3.47. The summed E-state index contributed by atoms with van der Waals surface area (Å²) >= 11 is 0. The zero-order valence-corrected chi connectivity index (χ0v) is 14.8. The number of nitrogens with one attached hydrogen (secondary N) is 1. The largest absolute Gasteiger partial charge is 0.467 e. The first-order valence-corrected chi connectivity index (χ1v) is 9.11. The lowest BCUT2D eigenvalue weighted by molar-refractivity contribution is -0.146. The highest BCUT2D eigenvalue weighted by Crippen LogP contribution is 2.24. The number of carbonyl (C=O) groups excluding carboxylic acids is 2. The minimum atomic E-state index is -0.668. The number of amides is 2. The van der Waals surface area contributed by atoms with Crippen LogP contribution in [0.25, 0.3) is 0 Å². The summed E-state index contributed by atoms with van der Waals surface area (Å²) in [5.41, 5.74) is 1.70. The molecule has 0 bridgehead atoms. The molecule has 2 amide bonds. The van der Waals surface area contributed by atoms with Crippen molar-refractivity contribution in [2.45, 2.75) is 38.0 Å². The van der Waals surface area contributed by atoms with E-state index in [0.29, 0.717) is 31.7 Å². The molecular weight excluding hydrogens is 346 g/mol. The van der Waals surface area contributed by atoms with Gasteiger partial charge < -0.3 is 19.5 Å². The summed E-state index contributed by atoms with van der Waals surface area (Å²) in [6.45, 7) is 0.865. The number of rotatable bonds is 5. The first kappa shape index (κ1) is 17.3. The standard InChI is InChI=1S/C20H21N3O4/c24-19(21-13-15-8-5-11-26-15)17-9-4-10-23(17)20(25)18-12-16(22-27-18)14-6-2-1-3-7-14/h1-3,5-8,11,17-18H,4,9-10,12-13H2,(H,21,24)/t17-,18+/m0/s1. The van der Waals surface area contributed by atoms with Gasteiger partial charge in [0.15, 0.2) is 0 Å². The van der Waals surface area contributed by atoms with Gasteiger partial charge in [-0.1, -0.05) is 35.5 Å². The Hall–Kier alpha value is -3.09. The number of hydrogen-bond acceptors (Lipinski definition) is 5. The Bertz CT molecular complexity index is 832. The molecule has 1 fully saturated rings. The zero-order chi connectivity index (χ0) is 18.6. The van der Waals surface area contributed by atoms with E-state index in [4.69, 9.17) is 9.25 Å². The molecule has 0 saturated carbocycles. The highest BCUT2D eigenvalue weighted by atomic mass is 16.6. The molecule has 0 radical (unpaired) electrons. The Morgan fingerprint density at radius 1 is 1.19 bits per heavy atom. The maximum Gasteiger partial charge on any atom is 0.267 e. The van der Waals surface area contributed by atoms with Gasteiger partial charge in [-0.25, -0.2) is 0 Å². The van der Waals surface area contributed by atoms with Crippen molar-refractivity contribution in [2.75, 3.05) is 6.54 Å². The van der Waals surface area contributed by atoms with Crippen LogP contribution in [0.2, 0.25) is 0 Å². The molecule has 7 heteroatoms. The lowest BCUT2D eigenvalue weighted by Gasteiger charge is -2.25. The molecule has 2 aromatic rings. The number of nitrogens with zero attached hydrogens (tertiary/aromatic N) is 2. The van der Waals surface area contributed by atoms with Gasteiger partial charge in [-0.3, -0.25) is 9.59 Å². The van der Waals surface area contributed by atoms with Gasteiger partial charge in [0.1, 0.15) is 11.8 Å². The summed E-state index contributed by atoms with van der Waals surface area (Å²) in [5, 5.41) is 6.92. The maximum atomic E-state index is 12.9. The van der Waals surface area contributed by atoms with E-state index < -0.39 is 12.1 Å². The fraction of sp³-hybridized carbons (Fsp3) is 0.350. The van der Waals surface area contributed by atoms with Crippen molar-refractivity contribution >= 4 is 17.5 Å². The van der Waals surface area contributed by atoms with Crippen molar-refractivity contribution in [1.82, 2.24) is 10.2 Å². The van der Waals surface area contributed by atoms with Crippen LogP contribution in [0.5, 0.6) is 0 Å². The van der Waals surface area contributed by atoms with Crippen LogP contribution >= 0.6 is 0 Å². The van der Waals surface area contributed by atoms with Gasteiger partial charge in [-0.15, -0.1) is 0 Å². The van der Waals surface area contributed by atoms with Gasteiger partial charge >= 0.3 is 0 Å². The van der Waals surface area contributed by atoms with Crippen LogP contribution < -0.4 is 5.32 Å². The summed E-state index contributed by atoms with van der Waals surface area (Å²) in [5.74, 6) is 0.332. The number of oxime groups is 1. The molecule has 0 aliphatic carbocycles. The van der Waals surface area contributed by atoms with Crippen molar-refractivity contribution in [1.29, 1.82) is 0 Å². The normalized spacial score (nSPS) is 21.6. The highest BCUT2D eigenvalue weighted by molar-refractivity contribution is 6.04. The molecule has 2 aliphatic rings. The third kappa shape index (κ3) is 3.72. The second kappa shape index (κ2) is 7.65. The van der Waals surface area contributed by atoms with Crippen molar-refractivity contribution in [3.05, 3.63) is 60.1 Å². The van der Waals surface area contributed by atoms with E-state index in [0.717, 1.165) is 17.7 Å². The first-order valence-electron chi connectivity index (χ1n) is 9.11. The number of furan rings is 1. The molecule has 4 rings (SSSR count). The van der Waals surface area contributed by atoms with Crippen molar-refractivity contribution in [3.63, 3.8) is 0 Å². The predicted octanol–water partition coefficient (Wildman–Crippen LogP) is 2.08. The van der Waals surface area contributed by atoms with E-state index in [9.17, 15) is 9.59 Å². The molecule has 1 aromatic heterocycles. The molecule has 7 nitrogen and oxygen atoms in total. The summed E-state index contributed by atoms with van der Waals surface area (Å²) in [6.07, 6.45) is 2.76. The summed E-state index contributed by atoms with van der Waals surface area (Å²) in [6, 6.07) is 12.8. The SMILES string of the molecule is O=C(NCc1ccco1)[C@@H]1CCCN1C(=O)[C@H]1CC(c2ccccc2)=NO1. The van der Waals surface area contributed by atoms with Gasteiger partial charge in [-0.05, 0) is 30.5 Å². The number of likely N-dealkylation sites (tertiary alicyclic amines) is 1. The maximum absolute atomic E-state index is 12.9. The second-order valence-electron chi connectivity index (χ2n) is 6.69. The first-order chi connectivity index (χ1) is 13.2. The molecule has 27 heavy (non-hydrogen) atoms. The van der Waals surface area contributed by atoms with Gasteiger partial charge in [0.25, 0.3) is 5.91 Å². The molecule has 2 aliphatic heterocycles. The van der Waals surface area contributed by atoms with E-state index >= 15 is 0 Å². The fourth-order valence-electron chi connectivity index (χ4n) is 3.50. The van der Waals surface area contributed by atoms with Crippen molar-refractivity contribution in [3.8, 4) is 0 Å². The number of hydrogen-bond donors (Lipinski definition) is 1. The van der Waals surface area contributed by atoms with Crippen LogP contribution in [0.15, 0.2) is 58.3 Å². The predicted molar refractivity (Wildman–Crippen MR) is 97.8 cm³/mol. The van der Waals surface area contributed by atoms with Crippen LogP contribution in [-0.2, 0) is 21.0 Å².